The van der Waals surface area contributed by atoms with Crippen LogP contribution in [0.25, 0.3) is 0 Å². The van der Waals surface area contributed by atoms with Gasteiger partial charge in [-0.25, -0.2) is 0 Å². The molecule has 0 saturated carbocycles. The van der Waals surface area contributed by atoms with Crippen molar-refractivity contribution in [2.75, 3.05) is 12.4 Å². The van der Waals surface area contributed by atoms with E-state index in [9.17, 15) is 4.79 Å². The maximum Gasteiger partial charge on any atom is 0.257 e. The van der Waals surface area contributed by atoms with E-state index in [4.69, 9.17) is 4.74 Å². The summed E-state index contributed by atoms with van der Waals surface area (Å²) in [6.45, 7) is 0.473. The van der Waals surface area contributed by atoms with Crippen LogP contribution in [0.1, 0.15) is 26.5 Å². The molecule has 1 N–H and O–H groups in total. The Morgan fingerprint density at radius 1 is 1.08 bits per heavy atom. The van der Waals surface area contributed by atoms with Gasteiger partial charge in [0.15, 0.2) is 0 Å². The molecule has 0 unspecified atom stereocenters. The van der Waals surface area contributed by atoms with Gasteiger partial charge < -0.3 is 4.74 Å². The number of methoxy groups -OCH3 is 1. The summed E-state index contributed by atoms with van der Waals surface area (Å²) in [6.07, 6.45) is 0.706. The lowest BCUT2D eigenvalue weighted by atomic mass is 10.1. The molecule has 1 aromatic heterocycles. The van der Waals surface area contributed by atoms with Gasteiger partial charge in [-0.05, 0) is 23.3 Å². The van der Waals surface area contributed by atoms with E-state index in [2.05, 4.69) is 15.5 Å². The molecule has 3 aromatic rings. The monoisotopic (exact) mass is 339 g/mol. The Bertz CT molecular complexity index is 818. The number of hydrogen-bond donors (Lipinski definition) is 1. The molecule has 1 amide bonds. The van der Waals surface area contributed by atoms with Gasteiger partial charge in [0.05, 0.1) is 6.61 Å². The number of aromatic nitrogens is 2. The first-order valence-electron chi connectivity index (χ1n) is 7.50. The standard InChI is InChI=1S/C18H17N3O2S/c1-23-12-14-8-5-9-15(10-14)17(22)19-18-21-20-16(24-18)11-13-6-3-2-4-7-13/h2-10H,11-12H2,1H3,(H,19,21,22). The van der Waals surface area contributed by atoms with E-state index in [0.29, 0.717) is 23.7 Å². The van der Waals surface area contributed by atoms with Crippen LogP contribution in [0, 0.1) is 0 Å². The molecular formula is C18H17N3O2S. The molecule has 0 aliphatic carbocycles. The molecule has 5 nitrogen and oxygen atoms in total. The molecule has 122 valence electrons. The molecule has 0 saturated heterocycles. The van der Waals surface area contributed by atoms with Gasteiger partial charge in [0.1, 0.15) is 5.01 Å². The average Bonchev–Trinajstić information content (AvgIpc) is 3.03. The Morgan fingerprint density at radius 2 is 1.88 bits per heavy atom. The van der Waals surface area contributed by atoms with Crippen LogP contribution in [0.2, 0.25) is 0 Å². The second-order valence-corrected chi connectivity index (χ2v) is 6.31. The smallest absolute Gasteiger partial charge is 0.257 e. The zero-order valence-electron chi connectivity index (χ0n) is 13.2. The molecule has 3 rings (SSSR count). The summed E-state index contributed by atoms with van der Waals surface area (Å²) in [6, 6.07) is 17.4. The number of anilines is 1. The van der Waals surface area contributed by atoms with Crippen LogP contribution < -0.4 is 5.32 Å². The van der Waals surface area contributed by atoms with Gasteiger partial charge in [-0.2, -0.15) is 0 Å². The first-order chi connectivity index (χ1) is 11.7. The SMILES string of the molecule is COCc1cccc(C(=O)Nc2nnc(Cc3ccccc3)s2)c1. The predicted octanol–water partition coefficient (Wildman–Crippen LogP) is 3.53. The summed E-state index contributed by atoms with van der Waals surface area (Å²) in [5, 5.41) is 12.4. The lowest BCUT2D eigenvalue weighted by Gasteiger charge is -2.04. The Labute approximate surface area is 144 Å². The minimum absolute atomic E-state index is 0.199. The lowest BCUT2D eigenvalue weighted by molar-refractivity contribution is 0.102. The third kappa shape index (κ3) is 4.24. The Morgan fingerprint density at radius 3 is 2.67 bits per heavy atom. The number of ether oxygens (including phenoxy) is 1. The summed E-state index contributed by atoms with van der Waals surface area (Å²) in [5.41, 5.74) is 2.69. The van der Waals surface area contributed by atoms with E-state index >= 15 is 0 Å². The number of benzene rings is 2. The summed E-state index contributed by atoms with van der Waals surface area (Å²) >= 11 is 1.39. The minimum Gasteiger partial charge on any atom is -0.380 e. The average molecular weight is 339 g/mol. The third-order valence-electron chi connectivity index (χ3n) is 3.39. The van der Waals surface area contributed by atoms with Crippen LogP contribution in [0.5, 0.6) is 0 Å². The van der Waals surface area contributed by atoms with E-state index in [1.54, 1.807) is 13.2 Å². The second-order valence-electron chi connectivity index (χ2n) is 5.25. The number of nitrogens with zero attached hydrogens (tertiary/aromatic N) is 2. The van der Waals surface area contributed by atoms with E-state index < -0.39 is 0 Å². The van der Waals surface area contributed by atoms with E-state index in [0.717, 1.165) is 10.6 Å². The maximum atomic E-state index is 12.3. The van der Waals surface area contributed by atoms with Crippen molar-refractivity contribution in [2.24, 2.45) is 0 Å². The molecule has 0 radical (unpaired) electrons. The van der Waals surface area contributed by atoms with Gasteiger partial charge in [0, 0.05) is 19.1 Å². The van der Waals surface area contributed by atoms with Crippen molar-refractivity contribution in [3.8, 4) is 0 Å². The zero-order valence-corrected chi connectivity index (χ0v) is 14.0. The highest BCUT2D eigenvalue weighted by molar-refractivity contribution is 7.15. The molecular weight excluding hydrogens is 322 g/mol. The van der Waals surface area contributed by atoms with Crippen LogP contribution in [-0.2, 0) is 17.8 Å². The van der Waals surface area contributed by atoms with Crippen LogP contribution in [0.3, 0.4) is 0 Å². The second kappa shape index (κ2) is 7.81. The Balaban J connectivity index is 1.66. The summed E-state index contributed by atoms with van der Waals surface area (Å²) in [4.78, 5) is 12.3. The van der Waals surface area contributed by atoms with Gasteiger partial charge in [0.2, 0.25) is 5.13 Å². The predicted molar refractivity (Wildman–Crippen MR) is 94.3 cm³/mol. The molecule has 2 aromatic carbocycles. The number of carbonyl (C=O) groups excluding carboxylic acids is 1. The molecule has 0 fully saturated rings. The van der Waals surface area contributed by atoms with Crippen molar-refractivity contribution < 1.29 is 9.53 Å². The first-order valence-corrected chi connectivity index (χ1v) is 8.32. The highest BCUT2D eigenvalue weighted by Gasteiger charge is 2.11. The topological polar surface area (TPSA) is 64.1 Å². The summed E-state index contributed by atoms with van der Waals surface area (Å²) < 4.78 is 5.09. The van der Waals surface area contributed by atoms with Gasteiger partial charge >= 0.3 is 0 Å². The molecule has 0 aliphatic heterocycles. The van der Waals surface area contributed by atoms with Crippen LogP contribution >= 0.6 is 11.3 Å². The Hall–Kier alpha value is -2.57. The van der Waals surface area contributed by atoms with Crippen LogP contribution in [0.4, 0.5) is 5.13 Å². The fourth-order valence-electron chi connectivity index (χ4n) is 2.28. The van der Waals surface area contributed by atoms with Gasteiger partial charge in [-0.3, -0.25) is 10.1 Å². The third-order valence-corrected chi connectivity index (χ3v) is 4.22. The van der Waals surface area contributed by atoms with Crippen molar-refractivity contribution in [1.82, 2.24) is 10.2 Å². The fraction of sp³-hybridized carbons (Fsp3) is 0.167. The molecule has 0 aliphatic rings. The quantitative estimate of drug-likeness (QED) is 0.746. The molecule has 0 atom stereocenters. The van der Waals surface area contributed by atoms with Crippen molar-refractivity contribution in [3.63, 3.8) is 0 Å². The highest BCUT2D eigenvalue weighted by atomic mass is 32.1. The highest BCUT2D eigenvalue weighted by Crippen LogP contribution is 2.19. The normalized spacial score (nSPS) is 10.5. The molecule has 24 heavy (non-hydrogen) atoms. The van der Waals surface area contributed by atoms with Crippen LogP contribution in [0.15, 0.2) is 54.6 Å². The lowest BCUT2D eigenvalue weighted by Crippen LogP contribution is -2.12. The number of hydrogen-bond acceptors (Lipinski definition) is 5. The van der Waals surface area contributed by atoms with Crippen LogP contribution in [-0.4, -0.2) is 23.2 Å². The number of carbonyl (C=O) groups is 1. The van der Waals surface area contributed by atoms with E-state index in [1.807, 2.05) is 48.5 Å². The summed E-state index contributed by atoms with van der Waals surface area (Å²) in [7, 11) is 1.63. The zero-order chi connectivity index (χ0) is 16.8. The number of amides is 1. The molecule has 1 heterocycles. The van der Waals surface area contributed by atoms with Gasteiger partial charge in [-0.1, -0.05) is 53.8 Å². The van der Waals surface area contributed by atoms with Crippen molar-refractivity contribution in [2.45, 2.75) is 13.0 Å². The van der Waals surface area contributed by atoms with E-state index in [1.165, 1.54) is 16.9 Å². The first kappa shape index (κ1) is 16.3. The Kier molecular flexibility index (Phi) is 5.30. The molecule has 6 heteroatoms. The van der Waals surface area contributed by atoms with Crippen molar-refractivity contribution in [3.05, 3.63) is 76.3 Å². The summed E-state index contributed by atoms with van der Waals surface area (Å²) in [5.74, 6) is -0.199. The van der Waals surface area contributed by atoms with E-state index in [-0.39, 0.29) is 5.91 Å². The minimum atomic E-state index is -0.199. The number of nitrogens with one attached hydrogen (secondary N) is 1. The van der Waals surface area contributed by atoms with Crippen molar-refractivity contribution >= 4 is 22.4 Å². The van der Waals surface area contributed by atoms with Gasteiger partial charge in [-0.15, -0.1) is 10.2 Å². The number of rotatable bonds is 6. The largest absolute Gasteiger partial charge is 0.380 e. The van der Waals surface area contributed by atoms with Gasteiger partial charge in [0.25, 0.3) is 5.91 Å². The fourth-order valence-corrected chi connectivity index (χ4v) is 3.05. The molecule has 0 bridgehead atoms. The van der Waals surface area contributed by atoms with Crippen molar-refractivity contribution in [1.29, 1.82) is 0 Å². The molecule has 0 spiro atoms. The maximum absolute atomic E-state index is 12.3.